The van der Waals surface area contributed by atoms with E-state index in [-0.39, 0.29) is 10.8 Å². The van der Waals surface area contributed by atoms with Gasteiger partial charge in [-0.3, -0.25) is 0 Å². The van der Waals surface area contributed by atoms with E-state index in [1.54, 1.807) is 12.1 Å². The van der Waals surface area contributed by atoms with E-state index in [2.05, 4.69) is 21.2 Å². The first-order valence-electron chi connectivity index (χ1n) is 3.94. The van der Waals surface area contributed by atoms with E-state index in [9.17, 15) is 4.39 Å². The standard InChI is InChI=1S/C9H10BrClFN/c10-3-4-13-6-7-1-2-9(12)8(11)5-7/h1-2,5,13H,3-4,6H2. The Balaban J connectivity index is 2.53. The van der Waals surface area contributed by atoms with E-state index in [0.29, 0.717) is 6.54 Å². The number of hydrogen-bond acceptors (Lipinski definition) is 1. The molecule has 0 unspecified atom stereocenters. The monoisotopic (exact) mass is 265 g/mol. The summed E-state index contributed by atoms with van der Waals surface area (Å²) >= 11 is 8.92. The minimum Gasteiger partial charge on any atom is -0.312 e. The summed E-state index contributed by atoms with van der Waals surface area (Å²) in [5, 5.41) is 4.25. The second-order valence-electron chi connectivity index (χ2n) is 2.61. The summed E-state index contributed by atoms with van der Waals surface area (Å²) in [5.74, 6) is -0.370. The maximum Gasteiger partial charge on any atom is 0.141 e. The molecular weight excluding hydrogens is 256 g/mol. The molecule has 0 amide bonds. The second kappa shape index (κ2) is 5.58. The molecule has 1 aromatic rings. The molecule has 1 aromatic carbocycles. The van der Waals surface area contributed by atoms with Crippen LogP contribution in [0.15, 0.2) is 18.2 Å². The molecule has 0 aliphatic heterocycles. The first kappa shape index (κ1) is 11.0. The molecule has 0 aliphatic carbocycles. The van der Waals surface area contributed by atoms with Crippen LogP contribution in [0.4, 0.5) is 4.39 Å². The first-order chi connectivity index (χ1) is 6.24. The molecule has 0 radical (unpaired) electrons. The summed E-state index contributed by atoms with van der Waals surface area (Å²) in [7, 11) is 0. The summed E-state index contributed by atoms with van der Waals surface area (Å²) in [6.07, 6.45) is 0. The summed E-state index contributed by atoms with van der Waals surface area (Å²) in [5.41, 5.74) is 0.993. The van der Waals surface area contributed by atoms with Crippen LogP contribution in [0, 0.1) is 5.82 Å². The zero-order valence-corrected chi connectivity index (χ0v) is 9.33. The zero-order valence-electron chi connectivity index (χ0n) is 6.99. The van der Waals surface area contributed by atoms with Crippen LogP contribution < -0.4 is 5.32 Å². The fourth-order valence-corrected chi connectivity index (χ4v) is 1.43. The van der Waals surface area contributed by atoms with Gasteiger partial charge in [-0.1, -0.05) is 33.6 Å². The van der Waals surface area contributed by atoms with E-state index in [0.717, 1.165) is 17.4 Å². The van der Waals surface area contributed by atoms with Crippen molar-refractivity contribution in [1.82, 2.24) is 5.32 Å². The molecule has 0 aliphatic rings. The highest BCUT2D eigenvalue weighted by Gasteiger charge is 1.99. The SMILES string of the molecule is Fc1ccc(CNCCBr)cc1Cl. The molecule has 0 bridgehead atoms. The van der Waals surface area contributed by atoms with Crippen LogP contribution in [0.3, 0.4) is 0 Å². The van der Waals surface area contributed by atoms with Crippen molar-refractivity contribution in [1.29, 1.82) is 0 Å². The van der Waals surface area contributed by atoms with Gasteiger partial charge in [0.05, 0.1) is 5.02 Å². The van der Waals surface area contributed by atoms with Gasteiger partial charge in [0.2, 0.25) is 0 Å². The Bertz CT molecular complexity index is 280. The van der Waals surface area contributed by atoms with Gasteiger partial charge in [0.1, 0.15) is 5.82 Å². The Morgan fingerprint density at radius 3 is 2.85 bits per heavy atom. The van der Waals surface area contributed by atoms with Gasteiger partial charge in [0.25, 0.3) is 0 Å². The Hall–Kier alpha value is -0.120. The number of nitrogens with one attached hydrogen (secondary N) is 1. The quantitative estimate of drug-likeness (QED) is 0.653. The molecule has 0 fully saturated rings. The lowest BCUT2D eigenvalue weighted by Gasteiger charge is -2.03. The largest absolute Gasteiger partial charge is 0.312 e. The van der Waals surface area contributed by atoms with Crippen molar-refractivity contribution >= 4 is 27.5 Å². The normalized spacial score (nSPS) is 10.4. The molecule has 1 rings (SSSR count). The minimum atomic E-state index is -0.370. The van der Waals surface area contributed by atoms with Gasteiger partial charge >= 0.3 is 0 Å². The summed E-state index contributed by atoms with van der Waals surface area (Å²) in [6.45, 7) is 1.60. The maximum atomic E-state index is 12.7. The van der Waals surface area contributed by atoms with E-state index in [1.165, 1.54) is 6.07 Å². The fourth-order valence-electron chi connectivity index (χ4n) is 0.949. The van der Waals surface area contributed by atoms with Gasteiger partial charge in [0, 0.05) is 18.4 Å². The van der Waals surface area contributed by atoms with Crippen LogP contribution in [0.2, 0.25) is 5.02 Å². The van der Waals surface area contributed by atoms with Crippen molar-refractivity contribution < 1.29 is 4.39 Å². The van der Waals surface area contributed by atoms with Crippen molar-refractivity contribution in [2.24, 2.45) is 0 Å². The third-order valence-electron chi connectivity index (χ3n) is 1.58. The topological polar surface area (TPSA) is 12.0 Å². The van der Waals surface area contributed by atoms with Crippen LogP contribution in [0.1, 0.15) is 5.56 Å². The van der Waals surface area contributed by atoms with E-state index < -0.39 is 0 Å². The van der Waals surface area contributed by atoms with E-state index in [4.69, 9.17) is 11.6 Å². The Kier molecular flexibility index (Phi) is 4.70. The molecule has 0 aromatic heterocycles. The van der Waals surface area contributed by atoms with Crippen LogP contribution in [0.25, 0.3) is 0 Å². The average molecular weight is 267 g/mol. The van der Waals surface area contributed by atoms with Crippen LogP contribution in [-0.2, 0) is 6.54 Å². The van der Waals surface area contributed by atoms with E-state index in [1.807, 2.05) is 0 Å². The zero-order chi connectivity index (χ0) is 9.68. The van der Waals surface area contributed by atoms with E-state index >= 15 is 0 Å². The molecule has 1 nitrogen and oxygen atoms in total. The summed E-state index contributed by atoms with van der Waals surface area (Å²) < 4.78 is 12.7. The van der Waals surface area contributed by atoms with Crippen molar-refractivity contribution in [2.75, 3.05) is 11.9 Å². The minimum absolute atomic E-state index is 0.179. The van der Waals surface area contributed by atoms with Crippen LogP contribution in [-0.4, -0.2) is 11.9 Å². The molecular formula is C9H10BrClFN. The van der Waals surface area contributed by atoms with Gasteiger partial charge in [-0.05, 0) is 17.7 Å². The smallest absolute Gasteiger partial charge is 0.141 e. The number of halogens is 3. The molecule has 0 saturated carbocycles. The fraction of sp³-hybridized carbons (Fsp3) is 0.333. The molecule has 0 spiro atoms. The molecule has 4 heteroatoms. The van der Waals surface area contributed by atoms with Crippen LogP contribution in [0.5, 0.6) is 0 Å². The highest BCUT2D eigenvalue weighted by Crippen LogP contribution is 2.15. The number of rotatable bonds is 4. The third kappa shape index (κ3) is 3.63. The summed E-state index contributed by atoms with van der Waals surface area (Å²) in [6, 6.07) is 4.74. The van der Waals surface area contributed by atoms with Crippen molar-refractivity contribution in [3.05, 3.63) is 34.6 Å². The molecule has 13 heavy (non-hydrogen) atoms. The lowest BCUT2D eigenvalue weighted by atomic mass is 10.2. The van der Waals surface area contributed by atoms with Crippen molar-refractivity contribution in [2.45, 2.75) is 6.54 Å². The van der Waals surface area contributed by atoms with Gasteiger partial charge in [0.15, 0.2) is 0 Å². The van der Waals surface area contributed by atoms with Gasteiger partial charge < -0.3 is 5.32 Å². The Morgan fingerprint density at radius 2 is 2.23 bits per heavy atom. The third-order valence-corrected chi connectivity index (χ3v) is 2.27. The highest BCUT2D eigenvalue weighted by molar-refractivity contribution is 9.09. The first-order valence-corrected chi connectivity index (χ1v) is 5.44. The molecule has 0 heterocycles. The lowest BCUT2D eigenvalue weighted by molar-refractivity contribution is 0.626. The number of alkyl halides is 1. The number of benzene rings is 1. The van der Waals surface area contributed by atoms with Crippen molar-refractivity contribution in [3.8, 4) is 0 Å². The summed E-state index contributed by atoms with van der Waals surface area (Å²) in [4.78, 5) is 0. The predicted molar refractivity (Wildman–Crippen MR) is 56.9 cm³/mol. The molecule has 1 N–H and O–H groups in total. The van der Waals surface area contributed by atoms with Gasteiger partial charge in [-0.25, -0.2) is 4.39 Å². The molecule has 0 saturated heterocycles. The van der Waals surface area contributed by atoms with Crippen molar-refractivity contribution in [3.63, 3.8) is 0 Å². The van der Waals surface area contributed by atoms with Crippen LogP contribution >= 0.6 is 27.5 Å². The second-order valence-corrected chi connectivity index (χ2v) is 3.81. The number of hydrogen-bond donors (Lipinski definition) is 1. The molecule has 0 atom stereocenters. The van der Waals surface area contributed by atoms with Gasteiger partial charge in [-0.15, -0.1) is 0 Å². The maximum absolute atomic E-state index is 12.7. The van der Waals surface area contributed by atoms with Gasteiger partial charge in [-0.2, -0.15) is 0 Å². The average Bonchev–Trinajstić information content (AvgIpc) is 2.12. The highest BCUT2D eigenvalue weighted by atomic mass is 79.9. The molecule has 72 valence electrons. The Labute approximate surface area is 90.4 Å². The Morgan fingerprint density at radius 1 is 1.46 bits per heavy atom. The predicted octanol–water partition coefficient (Wildman–Crippen LogP) is 2.96. The lowest BCUT2D eigenvalue weighted by Crippen LogP contribution is -2.15.